The van der Waals surface area contributed by atoms with E-state index in [0.717, 1.165) is 24.2 Å². The van der Waals surface area contributed by atoms with Crippen molar-refractivity contribution in [1.29, 1.82) is 0 Å². The molecule has 0 bridgehead atoms. The van der Waals surface area contributed by atoms with Gasteiger partial charge in [-0.25, -0.2) is 4.98 Å². The number of hydrogen-bond donors (Lipinski definition) is 1. The number of ether oxygens (including phenoxy) is 1. The number of aryl methyl sites for hydroxylation is 1. The molecule has 1 N–H and O–H groups in total. The van der Waals surface area contributed by atoms with Crippen LogP contribution in [0.4, 0.5) is 10.8 Å². The van der Waals surface area contributed by atoms with Gasteiger partial charge in [-0.1, -0.05) is 11.3 Å². The van der Waals surface area contributed by atoms with Crippen LogP contribution >= 0.6 is 11.3 Å². The first-order valence-corrected chi connectivity index (χ1v) is 9.65. The van der Waals surface area contributed by atoms with Crippen LogP contribution in [0.2, 0.25) is 0 Å². The van der Waals surface area contributed by atoms with Crippen LogP contribution in [0.1, 0.15) is 34.6 Å². The van der Waals surface area contributed by atoms with Crippen LogP contribution in [-0.4, -0.2) is 36.2 Å². The summed E-state index contributed by atoms with van der Waals surface area (Å²) >= 11 is 1.23. The molecule has 1 unspecified atom stereocenters. The van der Waals surface area contributed by atoms with Crippen molar-refractivity contribution in [3.05, 3.63) is 34.8 Å². The van der Waals surface area contributed by atoms with Crippen LogP contribution in [0.25, 0.3) is 0 Å². The minimum atomic E-state index is -0.448. The van der Waals surface area contributed by atoms with Gasteiger partial charge in [0.1, 0.15) is 5.75 Å². The van der Waals surface area contributed by atoms with E-state index in [1.165, 1.54) is 11.3 Å². The largest absolute Gasteiger partial charge is 0.497 e. The summed E-state index contributed by atoms with van der Waals surface area (Å²) in [6, 6.07) is 7.18. The number of ketones is 1. The minimum Gasteiger partial charge on any atom is -0.497 e. The van der Waals surface area contributed by atoms with E-state index in [4.69, 9.17) is 4.74 Å². The van der Waals surface area contributed by atoms with Crippen molar-refractivity contribution >= 4 is 39.8 Å². The highest BCUT2D eigenvalue weighted by Gasteiger charge is 2.35. The van der Waals surface area contributed by atoms with Crippen LogP contribution in [0.5, 0.6) is 5.75 Å². The summed E-state index contributed by atoms with van der Waals surface area (Å²) in [7, 11) is 1.58. The van der Waals surface area contributed by atoms with E-state index in [0.29, 0.717) is 28.7 Å². The number of fused-ring (bicyclic) bond motifs is 1. The molecule has 1 saturated heterocycles. The lowest BCUT2D eigenvalue weighted by molar-refractivity contribution is -0.122. The van der Waals surface area contributed by atoms with Crippen LogP contribution in [-0.2, 0) is 16.0 Å². The van der Waals surface area contributed by atoms with Crippen LogP contribution in [0.3, 0.4) is 0 Å². The number of hydrogen-bond acceptors (Lipinski definition) is 6. The summed E-state index contributed by atoms with van der Waals surface area (Å²) in [6.45, 7) is 0.320. The van der Waals surface area contributed by atoms with Crippen molar-refractivity contribution in [3.8, 4) is 5.75 Å². The second-order valence-electron chi connectivity index (χ2n) is 6.66. The molecule has 1 fully saturated rings. The average Bonchev–Trinajstić information content (AvgIpc) is 3.26. The Bertz CT molecular complexity index is 906. The number of methoxy groups -OCH3 is 1. The molecule has 8 heteroatoms. The first-order chi connectivity index (χ1) is 13.0. The molecule has 0 spiro atoms. The highest BCUT2D eigenvalue weighted by molar-refractivity contribution is 7.17. The van der Waals surface area contributed by atoms with Crippen molar-refractivity contribution in [2.24, 2.45) is 5.92 Å². The molecule has 7 nitrogen and oxygen atoms in total. The smallest absolute Gasteiger partial charge is 0.231 e. The van der Waals surface area contributed by atoms with Crippen LogP contribution in [0.15, 0.2) is 24.3 Å². The van der Waals surface area contributed by atoms with Gasteiger partial charge in [0.2, 0.25) is 11.8 Å². The lowest BCUT2D eigenvalue weighted by Crippen LogP contribution is -2.28. The molecule has 27 heavy (non-hydrogen) atoms. The summed E-state index contributed by atoms with van der Waals surface area (Å²) in [5.74, 6) is 0.0287. The fourth-order valence-electron chi connectivity index (χ4n) is 3.42. The van der Waals surface area contributed by atoms with Gasteiger partial charge in [0.05, 0.1) is 23.6 Å². The number of thiazole rings is 1. The van der Waals surface area contributed by atoms with Gasteiger partial charge in [0.25, 0.3) is 0 Å². The molecular formula is C19H19N3O4S. The number of amides is 2. The topological polar surface area (TPSA) is 88.6 Å². The number of Topliss-reactive ketones (excluding diaryl/α,β-unsaturated/α-hetero) is 1. The third-order valence-corrected chi connectivity index (χ3v) is 5.93. The number of carbonyl (C=O) groups is 3. The van der Waals surface area contributed by atoms with E-state index < -0.39 is 5.92 Å². The van der Waals surface area contributed by atoms with Gasteiger partial charge in [0, 0.05) is 25.1 Å². The molecule has 2 amide bonds. The van der Waals surface area contributed by atoms with Crippen LogP contribution < -0.4 is 15.0 Å². The lowest BCUT2D eigenvalue weighted by atomic mass is 10.0. The quantitative estimate of drug-likeness (QED) is 0.874. The number of anilines is 2. The Morgan fingerprint density at radius 1 is 1.26 bits per heavy atom. The first-order valence-electron chi connectivity index (χ1n) is 8.83. The molecule has 1 aromatic heterocycles. The fraction of sp³-hybridized carbons (Fsp3) is 0.368. The Hall–Kier alpha value is -2.74. The van der Waals surface area contributed by atoms with Gasteiger partial charge in [-0.3, -0.25) is 14.4 Å². The molecule has 1 aliphatic heterocycles. The molecule has 0 saturated carbocycles. The molecule has 140 valence electrons. The van der Waals surface area contributed by atoms with Crippen molar-refractivity contribution in [2.75, 3.05) is 23.9 Å². The summed E-state index contributed by atoms with van der Waals surface area (Å²) < 4.78 is 5.13. The second kappa shape index (κ2) is 7.11. The predicted molar refractivity (Wildman–Crippen MR) is 101 cm³/mol. The summed E-state index contributed by atoms with van der Waals surface area (Å²) in [5, 5.41) is 3.23. The van der Waals surface area contributed by atoms with Crippen LogP contribution in [0, 0.1) is 5.92 Å². The predicted octanol–water partition coefficient (Wildman–Crippen LogP) is 2.66. The number of rotatable bonds is 4. The maximum absolute atomic E-state index is 12.6. The van der Waals surface area contributed by atoms with Gasteiger partial charge in [-0.2, -0.15) is 0 Å². The van der Waals surface area contributed by atoms with Gasteiger partial charge >= 0.3 is 0 Å². The zero-order chi connectivity index (χ0) is 19.0. The molecule has 1 atom stereocenters. The number of nitrogens with one attached hydrogen (secondary N) is 1. The summed E-state index contributed by atoms with van der Waals surface area (Å²) in [5.41, 5.74) is 1.51. The Morgan fingerprint density at radius 3 is 2.74 bits per heavy atom. The maximum Gasteiger partial charge on any atom is 0.231 e. The normalized spacial score (nSPS) is 19.1. The van der Waals surface area contributed by atoms with Crippen molar-refractivity contribution < 1.29 is 19.1 Å². The van der Waals surface area contributed by atoms with E-state index in [9.17, 15) is 14.4 Å². The highest BCUT2D eigenvalue weighted by atomic mass is 32.1. The Labute approximate surface area is 160 Å². The number of aromatic nitrogens is 1. The second-order valence-corrected chi connectivity index (χ2v) is 7.66. The minimum absolute atomic E-state index is 0.0890. The van der Waals surface area contributed by atoms with Crippen molar-refractivity contribution in [3.63, 3.8) is 0 Å². The standard InChI is InChI=1S/C19H19N3O4S/c1-26-13-7-5-12(6-8-13)22-10-11(9-16(22)24)18(25)21-19-20-14-3-2-4-15(23)17(14)27-19/h5-8,11H,2-4,9-10H2,1H3,(H,20,21,25). The third kappa shape index (κ3) is 3.44. The summed E-state index contributed by atoms with van der Waals surface area (Å²) in [4.78, 5) is 43.5. The molecule has 2 aliphatic rings. The lowest BCUT2D eigenvalue weighted by Gasteiger charge is -2.16. The summed E-state index contributed by atoms with van der Waals surface area (Å²) in [6.07, 6.45) is 2.26. The van der Waals surface area contributed by atoms with Crippen molar-refractivity contribution in [1.82, 2.24) is 4.98 Å². The number of nitrogens with zero attached hydrogens (tertiary/aromatic N) is 2. The maximum atomic E-state index is 12.6. The molecule has 1 aliphatic carbocycles. The van der Waals surface area contributed by atoms with Crippen molar-refractivity contribution in [2.45, 2.75) is 25.7 Å². The Morgan fingerprint density at radius 2 is 2.04 bits per heavy atom. The molecule has 0 radical (unpaired) electrons. The van der Waals surface area contributed by atoms with Gasteiger partial charge in [-0.15, -0.1) is 0 Å². The monoisotopic (exact) mass is 385 g/mol. The molecule has 1 aromatic carbocycles. The van der Waals surface area contributed by atoms with Gasteiger partial charge in [0.15, 0.2) is 10.9 Å². The molecular weight excluding hydrogens is 366 g/mol. The number of carbonyl (C=O) groups excluding carboxylic acids is 3. The van der Waals surface area contributed by atoms with E-state index in [2.05, 4.69) is 10.3 Å². The number of benzene rings is 1. The first kappa shape index (κ1) is 17.7. The van der Waals surface area contributed by atoms with E-state index >= 15 is 0 Å². The molecule has 2 aromatic rings. The fourth-order valence-corrected chi connectivity index (χ4v) is 4.41. The van der Waals surface area contributed by atoms with E-state index in [-0.39, 0.29) is 24.0 Å². The zero-order valence-electron chi connectivity index (χ0n) is 14.9. The SMILES string of the molecule is COc1ccc(N2CC(C(=O)Nc3nc4c(s3)C(=O)CCC4)CC2=O)cc1. The van der Waals surface area contributed by atoms with E-state index in [1.807, 2.05) is 0 Å². The Balaban J connectivity index is 1.44. The zero-order valence-corrected chi connectivity index (χ0v) is 15.7. The third-order valence-electron chi connectivity index (χ3n) is 4.88. The Kier molecular flexibility index (Phi) is 4.65. The van der Waals surface area contributed by atoms with Gasteiger partial charge < -0.3 is 15.0 Å². The molecule has 4 rings (SSSR count). The average molecular weight is 385 g/mol. The van der Waals surface area contributed by atoms with E-state index in [1.54, 1.807) is 36.3 Å². The highest BCUT2D eigenvalue weighted by Crippen LogP contribution is 2.31. The van der Waals surface area contributed by atoms with Gasteiger partial charge in [-0.05, 0) is 37.1 Å². The molecule has 2 heterocycles.